The number of nitriles is 1. The van der Waals surface area contributed by atoms with Crippen molar-refractivity contribution >= 4 is 19.7 Å². The van der Waals surface area contributed by atoms with E-state index in [4.69, 9.17) is 21.7 Å². The van der Waals surface area contributed by atoms with Crippen LogP contribution in [0.4, 0.5) is 0 Å². The largest absolute Gasteiger partial charge is 0.326 e. The first kappa shape index (κ1) is 12.0. The van der Waals surface area contributed by atoms with E-state index in [0.29, 0.717) is 5.56 Å². The van der Waals surface area contributed by atoms with Crippen LogP contribution in [0.15, 0.2) is 17.0 Å². The summed E-state index contributed by atoms with van der Waals surface area (Å²) in [5, 5.41) is 8.89. The Morgan fingerprint density at radius 1 is 1.53 bits per heavy atom. The fourth-order valence-corrected chi connectivity index (χ4v) is 2.35. The van der Waals surface area contributed by atoms with Crippen LogP contribution >= 0.6 is 10.7 Å². The van der Waals surface area contributed by atoms with Gasteiger partial charge in [-0.05, 0) is 24.1 Å². The van der Waals surface area contributed by atoms with Gasteiger partial charge in [-0.25, -0.2) is 8.42 Å². The Bertz CT molecular complexity index is 532. The minimum atomic E-state index is -3.90. The van der Waals surface area contributed by atoms with Crippen molar-refractivity contribution in [1.82, 2.24) is 0 Å². The molecule has 0 saturated carbocycles. The number of hydrogen-bond acceptors (Lipinski definition) is 4. The molecule has 0 fully saturated rings. The molecule has 4 nitrogen and oxygen atoms in total. The van der Waals surface area contributed by atoms with Crippen LogP contribution < -0.4 is 5.73 Å². The standard InChI is InChI=1S/C9H9ClN2O2S/c1-6-2-3-9(15(10,13)14)8(5-12)7(6)4-11/h2-3H,4,11H2,1H3. The first-order chi connectivity index (χ1) is 6.91. The average Bonchev–Trinajstić information content (AvgIpc) is 2.15. The molecule has 0 aliphatic carbocycles. The average molecular weight is 245 g/mol. The summed E-state index contributed by atoms with van der Waals surface area (Å²) in [5.74, 6) is 0. The third kappa shape index (κ3) is 2.29. The molecule has 6 heteroatoms. The molecular weight excluding hydrogens is 236 g/mol. The highest BCUT2D eigenvalue weighted by Gasteiger charge is 2.19. The molecule has 1 aromatic rings. The summed E-state index contributed by atoms with van der Waals surface area (Å²) in [4.78, 5) is -0.183. The van der Waals surface area contributed by atoms with E-state index in [1.165, 1.54) is 6.07 Å². The molecule has 0 spiro atoms. The number of nitrogens with two attached hydrogens (primary N) is 1. The van der Waals surface area contributed by atoms with Crippen LogP contribution in [0, 0.1) is 18.3 Å². The number of rotatable bonds is 2. The summed E-state index contributed by atoms with van der Waals surface area (Å²) in [6.07, 6.45) is 0. The van der Waals surface area contributed by atoms with Crippen molar-refractivity contribution in [3.63, 3.8) is 0 Å². The number of halogens is 1. The molecule has 0 aromatic heterocycles. The summed E-state index contributed by atoms with van der Waals surface area (Å²) in [6, 6.07) is 4.72. The summed E-state index contributed by atoms with van der Waals surface area (Å²) in [7, 11) is 1.30. The van der Waals surface area contributed by atoms with E-state index >= 15 is 0 Å². The molecule has 0 saturated heterocycles. The highest BCUT2D eigenvalue weighted by molar-refractivity contribution is 8.13. The van der Waals surface area contributed by atoms with Crippen molar-refractivity contribution in [2.75, 3.05) is 0 Å². The van der Waals surface area contributed by atoms with Crippen LogP contribution in [0.2, 0.25) is 0 Å². The molecule has 0 amide bonds. The zero-order chi connectivity index (χ0) is 11.6. The lowest BCUT2D eigenvalue weighted by molar-refractivity contribution is 0.609. The number of hydrogen-bond donors (Lipinski definition) is 1. The Morgan fingerprint density at radius 3 is 2.53 bits per heavy atom. The first-order valence-electron chi connectivity index (χ1n) is 4.09. The molecule has 0 radical (unpaired) electrons. The van der Waals surface area contributed by atoms with Crippen molar-refractivity contribution in [1.29, 1.82) is 5.26 Å². The molecule has 0 atom stereocenters. The Balaban J connectivity index is 3.66. The molecule has 15 heavy (non-hydrogen) atoms. The third-order valence-corrected chi connectivity index (χ3v) is 3.45. The Kier molecular flexibility index (Phi) is 3.35. The van der Waals surface area contributed by atoms with E-state index in [2.05, 4.69) is 0 Å². The molecule has 1 rings (SSSR count). The highest BCUT2D eigenvalue weighted by Crippen LogP contribution is 2.24. The molecule has 0 bridgehead atoms. The minimum absolute atomic E-state index is 0.0347. The highest BCUT2D eigenvalue weighted by atomic mass is 35.7. The van der Waals surface area contributed by atoms with Crippen molar-refractivity contribution in [2.45, 2.75) is 18.4 Å². The van der Waals surface area contributed by atoms with Crippen LogP contribution in [-0.2, 0) is 15.6 Å². The summed E-state index contributed by atoms with van der Waals surface area (Å²) >= 11 is 0. The topological polar surface area (TPSA) is 84.0 Å². The Labute approximate surface area is 92.7 Å². The van der Waals surface area contributed by atoms with Gasteiger partial charge in [-0.15, -0.1) is 0 Å². The zero-order valence-electron chi connectivity index (χ0n) is 7.99. The second kappa shape index (κ2) is 4.19. The van der Waals surface area contributed by atoms with Crippen LogP contribution in [0.3, 0.4) is 0 Å². The van der Waals surface area contributed by atoms with Gasteiger partial charge in [0.1, 0.15) is 11.0 Å². The summed E-state index contributed by atoms with van der Waals surface area (Å²) in [5.41, 5.74) is 6.77. The molecular formula is C9H9ClN2O2S. The van der Waals surface area contributed by atoms with Gasteiger partial charge in [-0.2, -0.15) is 5.26 Å². The SMILES string of the molecule is Cc1ccc(S(=O)(=O)Cl)c(C#N)c1CN. The van der Waals surface area contributed by atoms with Crippen LogP contribution in [-0.4, -0.2) is 8.42 Å². The molecule has 2 N–H and O–H groups in total. The van der Waals surface area contributed by atoms with Gasteiger partial charge < -0.3 is 5.73 Å². The van der Waals surface area contributed by atoms with Crippen LogP contribution in [0.5, 0.6) is 0 Å². The maximum absolute atomic E-state index is 11.2. The second-order valence-electron chi connectivity index (χ2n) is 2.99. The number of nitrogens with zero attached hydrogens (tertiary/aromatic N) is 1. The van der Waals surface area contributed by atoms with Gasteiger partial charge in [0.15, 0.2) is 0 Å². The fourth-order valence-electron chi connectivity index (χ4n) is 1.32. The van der Waals surface area contributed by atoms with E-state index in [1.807, 2.05) is 6.07 Å². The Hall–Kier alpha value is -1.09. The van der Waals surface area contributed by atoms with Gasteiger partial charge in [0.05, 0.1) is 5.56 Å². The maximum Gasteiger partial charge on any atom is 0.262 e. The van der Waals surface area contributed by atoms with E-state index in [-0.39, 0.29) is 17.0 Å². The van der Waals surface area contributed by atoms with E-state index in [9.17, 15) is 8.42 Å². The lowest BCUT2D eigenvalue weighted by Crippen LogP contribution is -2.06. The third-order valence-electron chi connectivity index (χ3n) is 2.09. The molecule has 1 aromatic carbocycles. The van der Waals surface area contributed by atoms with E-state index in [0.717, 1.165) is 5.56 Å². The lowest BCUT2D eigenvalue weighted by atomic mass is 10.0. The monoisotopic (exact) mass is 244 g/mol. The van der Waals surface area contributed by atoms with E-state index in [1.54, 1.807) is 13.0 Å². The van der Waals surface area contributed by atoms with Crippen molar-refractivity contribution in [3.05, 3.63) is 28.8 Å². The van der Waals surface area contributed by atoms with E-state index < -0.39 is 9.05 Å². The minimum Gasteiger partial charge on any atom is -0.326 e. The quantitative estimate of drug-likeness (QED) is 0.794. The van der Waals surface area contributed by atoms with Gasteiger partial charge in [0.2, 0.25) is 0 Å². The van der Waals surface area contributed by atoms with Gasteiger partial charge in [-0.3, -0.25) is 0 Å². The first-order valence-corrected chi connectivity index (χ1v) is 6.40. The molecule has 0 heterocycles. The summed E-state index contributed by atoms with van der Waals surface area (Å²) < 4.78 is 22.3. The van der Waals surface area contributed by atoms with Crippen LogP contribution in [0.1, 0.15) is 16.7 Å². The van der Waals surface area contributed by atoms with Gasteiger partial charge in [0.25, 0.3) is 9.05 Å². The van der Waals surface area contributed by atoms with Crippen molar-refractivity contribution < 1.29 is 8.42 Å². The number of aryl methyl sites for hydroxylation is 1. The number of benzene rings is 1. The Morgan fingerprint density at radius 2 is 2.13 bits per heavy atom. The zero-order valence-corrected chi connectivity index (χ0v) is 9.56. The fraction of sp³-hybridized carbons (Fsp3) is 0.222. The lowest BCUT2D eigenvalue weighted by Gasteiger charge is -2.08. The predicted octanol–water partition coefficient (Wildman–Crippen LogP) is 1.25. The van der Waals surface area contributed by atoms with Crippen LogP contribution in [0.25, 0.3) is 0 Å². The molecule has 80 valence electrons. The maximum atomic E-state index is 11.2. The molecule has 0 unspecified atom stereocenters. The smallest absolute Gasteiger partial charge is 0.262 e. The predicted molar refractivity (Wildman–Crippen MR) is 56.8 cm³/mol. The molecule has 0 aliphatic heterocycles. The second-order valence-corrected chi connectivity index (χ2v) is 5.52. The van der Waals surface area contributed by atoms with Gasteiger partial charge in [0, 0.05) is 17.2 Å². The van der Waals surface area contributed by atoms with Crippen molar-refractivity contribution in [2.24, 2.45) is 5.73 Å². The molecule has 0 aliphatic rings. The van der Waals surface area contributed by atoms with Crippen molar-refractivity contribution in [3.8, 4) is 6.07 Å². The van der Waals surface area contributed by atoms with Gasteiger partial charge in [-0.1, -0.05) is 6.07 Å². The van der Waals surface area contributed by atoms with Gasteiger partial charge >= 0.3 is 0 Å². The normalized spacial score (nSPS) is 11.1. The summed E-state index contributed by atoms with van der Waals surface area (Å²) in [6.45, 7) is 1.86.